The van der Waals surface area contributed by atoms with Gasteiger partial charge in [0.15, 0.2) is 0 Å². The van der Waals surface area contributed by atoms with Crippen LogP contribution in [-0.2, 0) is 6.42 Å². The lowest BCUT2D eigenvalue weighted by atomic mass is 10.1. The molecule has 4 nitrogen and oxygen atoms in total. The number of hydrogen-bond donors (Lipinski definition) is 2. The fourth-order valence-corrected chi connectivity index (χ4v) is 1.94. The zero-order valence-electron chi connectivity index (χ0n) is 11.0. The van der Waals surface area contributed by atoms with Crippen molar-refractivity contribution in [2.45, 2.75) is 19.4 Å². The molecule has 0 radical (unpaired) electrons. The van der Waals surface area contributed by atoms with E-state index in [-0.39, 0.29) is 24.9 Å². The lowest BCUT2D eigenvalue weighted by molar-refractivity contribution is 0.144. The number of benzene rings is 1. The molecule has 2 amide bonds. The molecule has 0 saturated heterocycles. The second kappa shape index (κ2) is 7.31. The number of rotatable bonds is 5. The zero-order chi connectivity index (χ0) is 14.4. The topological polar surface area (TPSA) is 52.6 Å². The molecule has 0 aliphatic carbocycles. The number of amides is 2. The van der Waals surface area contributed by atoms with Gasteiger partial charge < -0.3 is 15.3 Å². The minimum Gasteiger partial charge on any atom is -0.392 e. The summed E-state index contributed by atoms with van der Waals surface area (Å²) in [6.07, 6.45) is -0.267. The van der Waals surface area contributed by atoms with Crippen molar-refractivity contribution >= 4 is 17.6 Å². The Labute approximate surface area is 117 Å². The highest BCUT2D eigenvalue weighted by Gasteiger charge is 2.11. The average molecular weight is 289 g/mol. The van der Waals surface area contributed by atoms with Crippen LogP contribution in [0.5, 0.6) is 0 Å². The maximum absolute atomic E-state index is 13.5. The van der Waals surface area contributed by atoms with Gasteiger partial charge in [0.1, 0.15) is 5.82 Å². The van der Waals surface area contributed by atoms with E-state index in [1.807, 2.05) is 0 Å². The Morgan fingerprint density at radius 1 is 1.58 bits per heavy atom. The molecule has 1 aromatic rings. The molecule has 0 aromatic heterocycles. The summed E-state index contributed by atoms with van der Waals surface area (Å²) in [6, 6.07) is 4.17. The molecular weight excluding hydrogens is 271 g/mol. The van der Waals surface area contributed by atoms with Crippen molar-refractivity contribution in [3.05, 3.63) is 34.6 Å². The average Bonchev–Trinajstić information content (AvgIpc) is 2.31. The van der Waals surface area contributed by atoms with Crippen LogP contribution in [0.1, 0.15) is 12.5 Å². The van der Waals surface area contributed by atoms with Gasteiger partial charge in [-0.1, -0.05) is 17.7 Å². The number of aliphatic hydroxyl groups is 1. The van der Waals surface area contributed by atoms with Gasteiger partial charge in [-0.2, -0.15) is 0 Å². The number of urea groups is 1. The van der Waals surface area contributed by atoms with E-state index in [0.29, 0.717) is 17.0 Å². The predicted molar refractivity (Wildman–Crippen MR) is 72.8 cm³/mol. The first-order valence-corrected chi connectivity index (χ1v) is 6.39. The van der Waals surface area contributed by atoms with E-state index in [2.05, 4.69) is 5.32 Å². The smallest absolute Gasteiger partial charge is 0.317 e. The van der Waals surface area contributed by atoms with Crippen LogP contribution in [0.15, 0.2) is 18.2 Å². The van der Waals surface area contributed by atoms with Crippen molar-refractivity contribution in [2.24, 2.45) is 0 Å². The number of aliphatic hydroxyl groups excluding tert-OH is 1. The molecule has 1 rings (SSSR count). The molecule has 0 spiro atoms. The van der Waals surface area contributed by atoms with Crippen LogP contribution >= 0.6 is 11.6 Å². The number of halogens is 2. The van der Waals surface area contributed by atoms with Crippen LogP contribution in [0.4, 0.5) is 9.18 Å². The van der Waals surface area contributed by atoms with Crippen LogP contribution in [-0.4, -0.2) is 42.3 Å². The quantitative estimate of drug-likeness (QED) is 0.871. The van der Waals surface area contributed by atoms with E-state index < -0.39 is 6.10 Å². The van der Waals surface area contributed by atoms with Crippen LogP contribution in [0.2, 0.25) is 5.02 Å². The first-order chi connectivity index (χ1) is 8.91. The highest BCUT2D eigenvalue weighted by Crippen LogP contribution is 2.18. The molecule has 0 aliphatic rings. The number of hydrogen-bond acceptors (Lipinski definition) is 2. The molecule has 0 aliphatic heterocycles. The Balaban J connectivity index is 2.44. The van der Waals surface area contributed by atoms with Gasteiger partial charge in [-0.3, -0.25) is 0 Å². The molecule has 0 fully saturated rings. The largest absolute Gasteiger partial charge is 0.392 e. The molecule has 2 N–H and O–H groups in total. The van der Waals surface area contributed by atoms with E-state index in [1.54, 1.807) is 20.0 Å². The van der Waals surface area contributed by atoms with E-state index in [4.69, 9.17) is 16.7 Å². The maximum Gasteiger partial charge on any atom is 0.317 e. The zero-order valence-corrected chi connectivity index (χ0v) is 11.7. The van der Waals surface area contributed by atoms with Crippen LogP contribution in [0.3, 0.4) is 0 Å². The van der Waals surface area contributed by atoms with Crippen molar-refractivity contribution in [1.82, 2.24) is 10.2 Å². The first kappa shape index (κ1) is 15.7. The minimum atomic E-state index is -0.586. The highest BCUT2D eigenvalue weighted by molar-refractivity contribution is 6.31. The highest BCUT2D eigenvalue weighted by atomic mass is 35.5. The van der Waals surface area contributed by atoms with Gasteiger partial charge in [0.05, 0.1) is 6.10 Å². The third-order valence-corrected chi connectivity index (χ3v) is 2.95. The summed E-state index contributed by atoms with van der Waals surface area (Å²) < 4.78 is 13.5. The van der Waals surface area contributed by atoms with Crippen molar-refractivity contribution in [1.29, 1.82) is 0 Å². The summed E-state index contributed by atoms with van der Waals surface area (Å²) in [5.41, 5.74) is 0.391. The second-order valence-electron chi connectivity index (χ2n) is 4.41. The van der Waals surface area contributed by atoms with Crippen molar-refractivity contribution in [3.8, 4) is 0 Å². The van der Waals surface area contributed by atoms with Gasteiger partial charge in [-0.05, 0) is 25.5 Å². The third-order valence-electron chi connectivity index (χ3n) is 2.60. The fourth-order valence-electron chi connectivity index (χ4n) is 1.68. The van der Waals surface area contributed by atoms with Crippen molar-refractivity contribution in [2.75, 3.05) is 20.1 Å². The van der Waals surface area contributed by atoms with E-state index in [9.17, 15) is 9.18 Å². The molecule has 0 saturated carbocycles. The lowest BCUT2D eigenvalue weighted by Crippen LogP contribution is -2.41. The summed E-state index contributed by atoms with van der Waals surface area (Å²) >= 11 is 5.88. The van der Waals surface area contributed by atoms with Gasteiger partial charge in [0.25, 0.3) is 0 Å². The van der Waals surface area contributed by atoms with Crippen LogP contribution in [0, 0.1) is 5.82 Å². The Morgan fingerprint density at radius 3 is 2.84 bits per heavy atom. The number of carbonyl (C=O) groups is 1. The van der Waals surface area contributed by atoms with Gasteiger partial charge in [0, 0.05) is 30.7 Å². The van der Waals surface area contributed by atoms with Gasteiger partial charge in [0.2, 0.25) is 0 Å². The summed E-state index contributed by atoms with van der Waals surface area (Å²) in [7, 11) is 1.58. The Kier molecular flexibility index (Phi) is 6.05. The monoisotopic (exact) mass is 288 g/mol. The fraction of sp³-hybridized carbons (Fsp3) is 0.462. The van der Waals surface area contributed by atoms with E-state index >= 15 is 0 Å². The van der Waals surface area contributed by atoms with Gasteiger partial charge >= 0.3 is 6.03 Å². The molecule has 19 heavy (non-hydrogen) atoms. The van der Waals surface area contributed by atoms with Gasteiger partial charge in [-0.25, -0.2) is 9.18 Å². The van der Waals surface area contributed by atoms with Gasteiger partial charge in [-0.15, -0.1) is 0 Å². The summed E-state index contributed by atoms with van der Waals surface area (Å²) in [5, 5.41) is 12.2. The first-order valence-electron chi connectivity index (χ1n) is 6.01. The van der Waals surface area contributed by atoms with E-state index in [1.165, 1.54) is 17.0 Å². The standard InChI is InChI=1S/C13H18ClFN2O2/c1-9(18)8-17(2)13(19)16-7-6-10-11(14)4-3-5-12(10)15/h3-5,9,18H,6-8H2,1-2H3,(H,16,19). The lowest BCUT2D eigenvalue weighted by Gasteiger charge is -2.19. The molecule has 1 unspecified atom stereocenters. The van der Waals surface area contributed by atoms with Crippen LogP contribution < -0.4 is 5.32 Å². The number of likely N-dealkylation sites (N-methyl/N-ethyl adjacent to an activating group) is 1. The molecule has 0 heterocycles. The second-order valence-corrected chi connectivity index (χ2v) is 4.82. The normalized spacial score (nSPS) is 12.1. The summed E-state index contributed by atoms with van der Waals surface area (Å²) in [6.45, 7) is 2.12. The van der Waals surface area contributed by atoms with Crippen molar-refractivity contribution in [3.63, 3.8) is 0 Å². The molecule has 0 bridgehead atoms. The van der Waals surface area contributed by atoms with E-state index in [0.717, 1.165) is 0 Å². The predicted octanol–water partition coefficient (Wildman–Crippen LogP) is 2.04. The van der Waals surface area contributed by atoms with Crippen LogP contribution in [0.25, 0.3) is 0 Å². The molecule has 6 heteroatoms. The Bertz CT molecular complexity index is 420. The molecular formula is C13H18ClFN2O2. The number of nitrogens with one attached hydrogen (secondary N) is 1. The number of nitrogens with zero attached hydrogens (tertiary/aromatic N) is 1. The summed E-state index contributed by atoms with van der Waals surface area (Å²) in [4.78, 5) is 13.0. The Hall–Kier alpha value is -1.33. The molecule has 1 atom stereocenters. The summed E-state index contributed by atoms with van der Waals surface area (Å²) in [5.74, 6) is -0.376. The third kappa shape index (κ3) is 5.04. The molecule has 106 valence electrons. The Morgan fingerprint density at radius 2 is 2.26 bits per heavy atom. The maximum atomic E-state index is 13.5. The molecule has 1 aromatic carbocycles. The van der Waals surface area contributed by atoms with Crippen molar-refractivity contribution < 1.29 is 14.3 Å². The SMILES string of the molecule is CC(O)CN(C)C(=O)NCCc1c(F)cccc1Cl. The minimum absolute atomic E-state index is 0.242. The number of carbonyl (C=O) groups excluding carboxylic acids is 1.